The van der Waals surface area contributed by atoms with Crippen molar-refractivity contribution in [2.75, 3.05) is 39.3 Å². The third-order valence-electron chi connectivity index (χ3n) is 6.75. The molecule has 5 N–H and O–H groups in total. The van der Waals surface area contributed by atoms with Crippen molar-refractivity contribution in [3.63, 3.8) is 0 Å². The van der Waals surface area contributed by atoms with E-state index < -0.39 is 74.0 Å². The number of hydrogen-bond acceptors (Lipinski definition) is 15. The van der Waals surface area contributed by atoms with Gasteiger partial charge in [-0.1, -0.05) is 11.4 Å². The Hall–Kier alpha value is -3.06. The number of methoxy groups -OCH3 is 1. The lowest BCUT2D eigenvalue weighted by Crippen LogP contribution is -2.37. The number of carbonyl (C=O) groups is 3. The van der Waals surface area contributed by atoms with Crippen molar-refractivity contribution in [1.29, 1.82) is 0 Å². The van der Waals surface area contributed by atoms with Crippen LogP contribution < -0.4 is 15.6 Å². The summed E-state index contributed by atoms with van der Waals surface area (Å²) in [6.45, 7) is 0.201. The van der Waals surface area contributed by atoms with Crippen molar-refractivity contribution in [3.8, 4) is 5.88 Å². The molecule has 2 aliphatic heterocycles. The average molecular weight is 647 g/mol. The highest BCUT2D eigenvalue weighted by Gasteiger charge is 2.47. The summed E-state index contributed by atoms with van der Waals surface area (Å²) in [4.78, 5) is 51.7. The van der Waals surface area contributed by atoms with Gasteiger partial charge < -0.3 is 39.6 Å². The fraction of sp³-hybridized carbons (Fsp3) is 0.652. The Balaban J connectivity index is 1.51. The quantitative estimate of drug-likeness (QED) is 0.132. The molecule has 0 spiro atoms. The number of aliphatic hydroxyl groups excluding tert-OH is 2. The summed E-state index contributed by atoms with van der Waals surface area (Å²) in [5.41, 5.74) is 6.18. The number of ether oxygens (including phenoxy) is 3. The monoisotopic (exact) mass is 646 g/mol. The average Bonchev–Trinajstić information content (AvgIpc) is 3.55. The normalized spacial score (nSPS) is 26.4. The summed E-state index contributed by atoms with van der Waals surface area (Å²) in [7, 11) is 4.16. The molecule has 2 aliphatic rings. The zero-order chi connectivity index (χ0) is 31.8. The minimum Gasteiger partial charge on any atom is -0.479 e. The number of esters is 1. The Morgan fingerprint density at radius 2 is 1.93 bits per heavy atom. The molecule has 7 atom stereocenters. The van der Waals surface area contributed by atoms with Crippen LogP contribution in [0.25, 0.3) is 11.2 Å². The van der Waals surface area contributed by atoms with E-state index in [4.69, 9.17) is 24.5 Å². The molecule has 2 aromatic heterocycles. The Labute approximate surface area is 250 Å². The number of nitrogens with one attached hydrogen (secondary N) is 1. The molecule has 238 valence electrons. The summed E-state index contributed by atoms with van der Waals surface area (Å²) >= 11 is 0.702. The van der Waals surface area contributed by atoms with Gasteiger partial charge in [-0.05, 0) is 20.8 Å². The molecule has 2 saturated heterocycles. The lowest BCUT2D eigenvalue weighted by molar-refractivity contribution is -0.149. The number of likely N-dealkylation sites (N-methyl/N-ethyl adjacent to an activating group) is 2. The van der Waals surface area contributed by atoms with Crippen LogP contribution in [0.3, 0.4) is 0 Å². The Morgan fingerprint density at radius 3 is 2.53 bits per heavy atom. The van der Waals surface area contributed by atoms with Crippen LogP contribution in [0.1, 0.15) is 27.0 Å². The number of nitrogens with two attached hydrogens (primary N) is 1. The number of urea groups is 1. The maximum absolute atomic E-state index is 14.0. The predicted octanol–water partition coefficient (Wildman–Crippen LogP) is -0.284. The van der Waals surface area contributed by atoms with Gasteiger partial charge in [0.05, 0.1) is 26.1 Å². The summed E-state index contributed by atoms with van der Waals surface area (Å²) < 4.78 is 37.4. The molecule has 1 unspecified atom stereocenters. The highest BCUT2D eigenvalue weighted by Crippen LogP contribution is 2.57. The molecule has 0 radical (unpaired) electrons. The lowest BCUT2D eigenvalue weighted by Gasteiger charge is -2.26. The predicted molar refractivity (Wildman–Crippen MR) is 152 cm³/mol. The summed E-state index contributed by atoms with van der Waals surface area (Å²) in [5.74, 6) is -1.34. The first-order valence-corrected chi connectivity index (χ1v) is 16.4. The number of fused-ring (bicyclic) bond motifs is 1. The maximum Gasteiger partial charge on any atom is 0.327 e. The van der Waals surface area contributed by atoms with Crippen LogP contribution in [0, 0.1) is 0 Å². The van der Waals surface area contributed by atoms with E-state index >= 15 is 0 Å². The largest absolute Gasteiger partial charge is 0.479 e. The third kappa shape index (κ3) is 6.72. The van der Waals surface area contributed by atoms with Gasteiger partial charge in [0.1, 0.15) is 30.4 Å². The van der Waals surface area contributed by atoms with Crippen LogP contribution in [0.15, 0.2) is 6.33 Å². The van der Waals surface area contributed by atoms with Gasteiger partial charge >= 0.3 is 18.7 Å². The van der Waals surface area contributed by atoms with Gasteiger partial charge in [0, 0.05) is 19.8 Å². The molecule has 0 saturated carbocycles. The zero-order valence-corrected chi connectivity index (χ0v) is 26.0. The third-order valence-corrected chi connectivity index (χ3v) is 10.8. The number of aromatic nitrogens is 4. The number of nitrogen functional groups attached to an aromatic ring is 1. The highest BCUT2D eigenvalue weighted by molar-refractivity contribution is 8.56. The van der Waals surface area contributed by atoms with E-state index in [2.05, 4.69) is 20.0 Å². The Morgan fingerprint density at radius 1 is 1.23 bits per heavy atom. The molecule has 18 nitrogen and oxygen atoms in total. The van der Waals surface area contributed by atoms with E-state index in [0.717, 1.165) is 4.90 Å². The minimum atomic E-state index is -4.04. The van der Waals surface area contributed by atoms with Gasteiger partial charge in [0.15, 0.2) is 17.4 Å². The number of nitrogens with zero attached hydrogens (tertiary/aromatic N) is 6. The fourth-order valence-corrected chi connectivity index (χ4v) is 8.41. The number of imide groups is 1. The Kier molecular flexibility index (Phi) is 9.85. The molecule has 2 fully saturated rings. The van der Waals surface area contributed by atoms with Crippen LogP contribution >= 0.6 is 18.1 Å². The second-order valence-electron chi connectivity index (χ2n) is 10.2. The Bertz CT molecular complexity index is 1430. The van der Waals surface area contributed by atoms with E-state index in [0.29, 0.717) is 11.4 Å². The molecule has 43 heavy (non-hydrogen) atoms. The van der Waals surface area contributed by atoms with Crippen molar-refractivity contribution < 1.29 is 47.9 Å². The standard InChI is InChI=1S/C23H35N8O10PS/c1-10(2)40-21(35)11(3)28-42(37,43-8-12-19(34)30(5)23(36)29(12)4)39-7-13-15(32)16(33)20(41-13)31-9-25-14-17(31)26-22(24)27-18(14)38-6/h9-13,15-16,20,32-33H,7-8H2,1-6H3,(H,28,37)(H2,24,26,27)/t11-,12-,13-,15-,16-,20-,42?/m1/s1. The number of aliphatic hydroxyl groups is 2. The molecular formula is C23H35N8O10PS. The van der Waals surface area contributed by atoms with E-state index in [1.807, 2.05) is 0 Å². The van der Waals surface area contributed by atoms with Crippen LogP contribution in [0.5, 0.6) is 5.88 Å². The van der Waals surface area contributed by atoms with Gasteiger partial charge in [-0.25, -0.2) is 14.9 Å². The van der Waals surface area contributed by atoms with E-state index in [-0.39, 0.29) is 28.7 Å². The van der Waals surface area contributed by atoms with Crippen molar-refractivity contribution in [2.45, 2.75) is 63.5 Å². The van der Waals surface area contributed by atoms with E-state index in [1.165, 1.54) is 43.9 Å². The summed E-state index contributed by atoms with van der Waals surface area (Å²) in [6.07, 6.45) is -4.51. The fourth-order valence-electron chi connectivity index (χ4n) is 4.44. The zero-order valence-electron chi connectivity index (χ0n) is 24.3. The van der Waals surface area contributed by atoms with E-state index in [1.54, 1.807) is 13.8 Å². The molecule has 0 aliphatic carbocycles. The molecule has 3 amide bonds. The second-order valence-corrected chi connectivity index (χ2v) is 14.5. The molecule has 4 rings (SSSR count). The van der Waals surface area contributed by atoms with Crippen LogP contribution in [0.2, 0.25) is 0 Å². The molecule has 20 heteroatoms. The maximum atomic E-state index is 14.0. The van der Waals surface area contributed by atoms with Crippen LogP contribution in [0.4, 0.5) is 10.7 Å². The first kappa shape index (κ1) is 32.8. The number of imidazole rings is 1. The van der Waals surface area contributed by atoms with Crippen molar-refractivity contribution in [3.05, 3.63) is 6.33 Å². The van der Waals surface area contributed by atoms with Crippen molar-refractivity contribution in [2.24, 2.45) is 0 Å². The summed E-state index contributed by atoms with van der Waals surface area (Å²) in [5, 5.41) is 24.3. The molecule has 2 aromatic rings. The smallest absolute Gasteiger partial charge is 0.327 e. The number of hydrogen-bond donors (Lipinski definition) is 4. The topological polar surface area (TPSA) is 234 Å². The van der Waals surface area contributed by atoms with Crippen molar-refractivity contribution in [1.82, 2.24) is 34.4 Å². The van der Waals surface area contributed by atoms with Gasteiger partial charge in [-0.15, -0.1) is 0 Å². The van der Waals surface area contributed by atoms with Crippen LogP contribution in [-0.2, 0) is 28.2 Å². The molecule has 0 aromatic carbocycles. The van der Waals surface area contributed by atoms with Crippen molar-refractivity contribution >= 4 is 53.1 Å². The van der Waals surface area contributed by atoms with Gasteiger partial charge in [-0.2, -0.15) is 9.97 Å². The van der Waals surface area contributed by atoms with Gasteiger partial charge in [0.2, 0.25) is 11.8 Å². The minimum absolute atomic E-state index is 0.0996. The number of rotatable bonds is 12. The number of carbonyl (C=O) groups excluding carboxylic acids is 3. The first-order chi connectivity index (χ1) is 20.2. The molecule has 4 heterocycles. The highest BCUT2D eigenvalue weighted by atomic mass is 32.7. The lowest BCUT2D eigenvalue weighted by atomic mass is 10.1. The molecule has 0 bridgehead atoms. The summed E-state index contributed by atoms with van der Waals surface area (Å²) in [6, 6.07) is -2.54. The van der Waals surface area contributed by atoms with E-state index in [9.17, 15) is 29.2 Å². The first-order valence-electron chi connectivity index (χ1n) is 13.1. The number of anilines is 1. The number of amides is 3. The second kappa shape index (κ2) is 12.9. The van der Waals surface area contributed by atoms with Crippen LogP contribution in [-0.4, -0.2) is 128 Å². The SMILES string of the molecule is COc1nc(N)nc2c1ncn2[C@@H]1O[C@H](COP(=O)(N[C@H](C)C(=O)OC(C)C)SC[C@@H]2C(=O)N(C)C(=O)N2C)[C@@H](O)[C@H]1O. The molecular weight excluding hydrogens is 611 g/mol. The van der Waals surface area contributed by atoms with Gasteiger partial charge in [-0.3, -0.25) is 23.6 Å². The van der Waals surface area contributed by atoms with Gasteiger partial charge in [0.25, 0.3) is 5.91 Å².